The number of nitrogens with zero attached hydrogens (tertiary/aromatic N) is 2. The minimum atomic E-state index is 0.292. The summed E-state index contributed by atoms with van der Waals surface area (Å²) in [6.45, 7) is 8.10. The number of hydrogen-bond donors (Lipinski definition) is 0. The lowest BCUT2D eigenvalue weighted by molar-refractivity contribution is 0.419. The summed E-state index contributed by atoms with van der Waals surface area (Å²) in [5, 5.41) is 6.00. The first-order valence-electron chi connectivity index (χ1n) is 5.13. The van der Waals surface area contributed by atoms with E-state index in [-0.39, 0.29) is 0 Å². The highest BCUT2D eigenvalue weighted by Crippen LogP contribution is 2.23. The highest BCUT2D eigenvalue weighted by Gasteiger charge is 2.11. The number of rotatable bonds is 4. The molecule has 1 atom stereocenters. The van der Waals surface area contributed by atoms with Crippen molar-refractivity contribution < 1.29 is 0 Å². The van der Waals surface area contributed by atoms with Crippen molar-refractivity contribution in [2.24, 2.45) is 5.10 Å². The van der Waals surface area contributed by atoms with Crippen LogP contribution in [0.1, 0.15) is 25.3 Å². The molecule has 15 heavy (non-hydrogen) atoms. The van der Waals surface area contributed by atoms with Crippen LogP contribution in [0.5, 0.6) is 0 Å². The van der Waals surface area contributed by atoms with Gasteiger partial charge < -0.3 is 0 Å². The molecule has 0 aliphatic carbocycles. The molecule has 0 heterocycles. The smallest absolute Gasteiger partial charge is 0.0364 e. The molecule has 2 nitrogen and oxygen atoms in total. The summed E-state index contributed by atoms with van der Waals surface area (Å²) >= 11 is 0. The standard InChI is InChI=1S/C13H18N2/c1-5-14-15(4)12(3)11(2)13-9-7-6-8-10-13/h5-11H,3H2,1-2,4H3. The second-order valence-electron chi connectivity index (χ2n) is 3.52. The van der Waals surface area contributed by atoms with Crippen molar-refractivity contribution in [1.29, 1.82) is 0 Å². The maximum atomic E-state index is 4.18. The van der Waals surface area contributed by atoms with Crippen LogP contribution in [0.4, 0.5) is 0 Å². The predicted molar refractivity (Wildman–Crippen MR) is 65.9 cm³/mol. The quantitative estimate of drug-likeness (QED) is 0.540. The van der Waals surface area contributed by atoms with Gasteiger partial charge in [-0.25, -0.2) is 0 Å². The lowest BCUT2D eigenvalue weighted by Gasteiger charge is -2.22. The van der Waals surface area contributed by atoms with Gasteiger partial charge in [0.25, 0.3) is 0 Å². The summed E-state index contributed by atoms with van der Waals surface area (Å²) in [5.41, 5.74) is 2.26. The van der Waals surface area contributed by atoms with E-state index >= 15 is 0 Å². The maximum Gasteiger partial charge on any atom is 0.0364 e. The van der Waals surface area contributed by atoms with Crippen molar-refractivity contribution in [3.05, 3.63) is 48.2 Å². The summed E-state index contributed by atoms with van der Waals surface area (Å²) in [4.78, 5) is 0. The van der Waals surface area contributed by atoms with Crippen LogP contribution in [0.25, 0.3) is 0 Å². The zero-order valence-corrected chi connectivity index (χ0v) is 9.64. The molecule has 1 aromatic carbocycles. The molecule has 0 aliphatic rings. The van der Waals surface area contributed by atoms with Gasteiger partial charge in [0.2, 0.25) is 0 Å². The van der Waals surface area contributed by atoms with Crippen LogP contribution in [0, 0.1) is 0 Å². The van der Waals surface area contributed by atoms with Gasteiger partial charge in [0.1, 0.15) is 0 Å². The van der Waals surface area contributed by atoms with Crippen LogP contribution in [-0.2, 0) is 0 Å². The predicted octanol–water partition coefficient (Wildman–Crippen LogP) is 3.24. The molecular weight excluding hydrogens is 184 g/mol. The zero-order valence-electron chi connectivity index (χ0n) is 9.64. The van der Waals surface area contributed by atoms with Crippen molar-refractivity contribution in [1.82, 2.24) is 5.01 Å². The minimum Gasteiger partial charge on any atom is -0.273 e. The molecule has 0 radical (unpaired) electrons. The summed E-state index contributed by atoms with van der Waals surface area (Å²) in [6, 6.07) is 10.3. The molecule has 0 amide bonds. The third-order valence-electron chi connectivity index (χ3n) is 2.50. The molecular formula is C13H18N2. The Morgan fingerprint density at radius 3 is 2.53 bits per heavy atom. The first kappa shape index (κ1) is 11.5. The Kier molecular flexibility index (Phi) is 4.10. The molecule has 2 heteroatoms. The second-order valence-corrected chi connectivity index (χ2v) is 3.52. The van der Waals surface area contributed by atoms with Crippen molar-refractivity contribution in [2.75, 3.05) is 7.05 Å². The zero-order chi connectivity index (χ0) is 11.3. The maximum absolute atomic E-state index is 4.18. The third kappa shape index (κ3) is 2.94. The molecule has 1 unspecified atom stereocenters. The van der Waals surface area contributed by atoms with E-state index in [1.807, 2.05) is 37.2 Å². The Balaban J connectivity index is 2.77. The average Bonchev–Trinajstić information content (AvgIpc) is 2.28. The van der Waals surface area contributed by atoms with Crippen LogP contribution < -0.4 is 0 Å². The van der Waals surface area contributed by atoms with Crippen LogP contribution in [0.3, 0.4) is 0 Å². The molecule has 0 aliphatic heterocycles. The number of allylic oxidation sites excluding steroid dienone is 1. The van der Waals surface area contributed by atoms with Gasteiger partial charge in [0, 0.05) is 24.9 Å². The van der Waals surface area contributed by atoms with E-state index < -0.39 is 0 Å². The van der Waals surface area contributed by atoms with E-state index in [9.17, 15) is 0 Å². The van der Waals surface area contributed by atoms with Crippen molar-refractivity contribution >= 4 is 6.21 Å². The van der Waals surface area contributed by atoms with Gasteiger partial charge in [0.05, 0.1) is 0 Å². The van der Waals surface area contributed by atoms with Gasteiger partial charge in [0.15, 0.2) is 0 Å². The molecule has 0 spiro atoms. The van der Waals surface area contributed by atoms with E-state index in [4.69, 9.17) is 0 Å². The number of benzene rings is 1. The van der Waals surface area contributed by atoms with Gasteiger partial charge in [-0.2, -0.15) is 5.10 Å². The fraction of sp³-hybridized carbons (Fsp3) is 0.308. The first-order valence-corrected chi connectivity index (χ1v) is 5.13. The molecule has 0 aromatic heterocycles. The van der Waals surface area contributed by atoms with E-state index in [0.29, 0.717) is 5.92 Å². The molecule has 1 aromatic rings. The molecule has 80 valence electrons. The lowest BCUT2D eigenvalue weighted by Crippen LogP contribution is -2.14. The fourth-order valence-corrected chi connectivity index (χ4v) is 1.46. The molecule has 0 saturated heterocycles. The fourth-order valence-electron chi connectivity index (χ4n) is 1.46. The van der Waals surface area contributed by atoms with Gasteiger partial charge in [-0.3, -0.25) is 5.01 Å². The van der Waals surface area contributed by atoms with Crippen molar-refractivity contribution in [3.63, 3.8) is 0 Å². The van der Waals surface area contributed by atoms with E-state index in [0.717, 1.165) is 5.70 Å². The number of likely N-dealkylation sites (N-methyl/N-ethyl adjacent to an activating group) is 1. The first-order chi connectivity index (χ1) is 7.16. The average molecular weight is 202 g/mol. The minimum absolute atomic E-state index is 0.292. The van der Waals surface area contributed by atoms with Gasteiger partial charge in [-0.1, -0.05) is 43.8 Å². The number of hydrogen-bond acceptors (Lipinski definition) is 2. The Morgan fingerprint density at radius 1 is 1.40 bits per heavy atom. The topological polar surface area (TPSA) is 15.6 Å². The van der Waals surface area contributed by atoms with Crippen molar-refractivity contribution in [2.45, 2.75) is 19.8 Å². The van der Waals surface area contributed by atoms with Crippen molar-refractivity contribution in [3.8, 4) is 0 Å². The van der Waals surface area contributed by atoms with E-state index in [1.54, 1.807) is 6.21 Å². The SMILES string of the molecule is C=C(C(C)c1ccccc1)N(C)N=CC. The Hall–Kier alpha value is -1.57. The van der Waals surface area contributed by atoms with E-state index in [2.05, 4.69) is 30.7 Å². The highest BCUT2D eigenvalue weighted by molar-refractivity contribution is 5.52. The monoisotopic (exact) mass is 202 g/mol. The molecule has 0 N–H and O–H groups in total. The lowest BCUT2D eigenvalue weighted by atomic mass is 9.98. The van der Waals surface area contributed by atoms with Gasteiger partial charge >= 0.3 is 0 Å². The molecule has 0 saturated carbocycles. The van der Waals surface area contributed by atoms with E-state index in [1.165, 1.54) is 5.56 Å². The second kappa shape index (κ2) is 5.35. The summed E-state index contributed by atoms with van der Waals surface area (Å²) in [6.07, 6.45) is 1.77. The van der Waals surface area contributed by atoms with Crippen LogP contribution in [0.2, 0.25) is 0 Å². The van der Waals surface area contributed by atoms with Crippen LogP contribution in [0.15, 0.2) is 47.7 Å². The molecule has 0 fully saturated rings. The van der Waals surface area contributed by atoms with Gasteiger partial charge in [-0.05, 0) is 12.5 Å². The highest BCUT2D eigenvalue weighted by atomic mass is 15.4. The van der Waals surface area contributed by atoms with Crippen LogP contribution in [-0.4, -0.2) is 18.3 Å². The Morgan fingerprint density at radius 2 is 2.00 bits per heavy atom. The van der Waals surface area contributed by atoms with Crippen LogP contribution >= 0.6 is 0 Å². The third-order valence-corrected chi connectivity index (χ3v) is 2.50. The summed E-state index contributed by atoms with van der Waals surface area (Å²) < 4.78 is 0. The summed E-state index contributed by atoms with van der Waals surface area (Å²) in [7, 11) is 1.92. The molecule has 1 rings (SSSR count). The normalized spacial score (nSPS) is 12.7. The van der Waals surface area contributed by atoms with Gasteiger partial charge in [-0.15, -0.1) is 0 Å². The Bertz CT molecular complexity index is 341. The largest absolute Gasteiger partial charge is 0.273 e. The summed E-state index contributed by atoms with van der Waals surface area (Å²) in [5.74, 6) is 0.292. The Labute approximate surface area is 91.9 Å². The number of hydrazone groups is 1. The molecule has 0 bridgehead atoms.